The lowest BCUT2D eigenvalue weighted by atomic mass is 9.86. The average Bonchev–Trinajstić information content (AvgIpc) is 3.16. The van der Waals surface area contributed by atoms with Crippen molar-refractivity contribution in [3.63, 3.8) is 0 Å². The molecule has 1 aromatic carbocycles. The minimum atomic E-state index is -0.346. The minimum Gasteiger partial charge on any atom is -0.490 e. The van der Waals surface area contributed by atoms with Crippen LogP contribution in [0, 0.1) is 17.8 Å². The third-order valence-electron chi connectivity index (χ3n) is 5.71. The number of ether oxygens (including phenoxy) is 3. The van der Waals surface area contributed by atoms with Crippen molar-refractivity contribution in [2.24, 2.45) is 17.8 Å². The van der Waals surface area contributed by atoms with Crippen LogP contribution in [0.15, 0.2) is 18.2 Å². The van der Waals surface area contributed by atoms with E-state index >= 15 is 0 Å². The molecule has 2 fully saturated rings. The maximum atomic E-state index is 12.1. The Labute approximate surface area is 153 Å². The molecule has 26 heavy (non-hydrogen) atoms. The molecule has 4 rings (SSSR count). The van der Waals surface area contributed by atoms with Crippen LogP contribution in [-0.2, 0) is 14.3 Å². The molecule has 2 aliphatic carbocycles. The fourth-order valence-electron chi connectivity index (χ4n) is 4.48. The third-order valence-corrected chi connectivity index (χ3v) is 5.71. The van der Waals surface area contributed by atoms with E-state index in [0.29, 0.717) is 48.7 Å². The predicted octanol–water partition coefficient (Wildman–Crippen LogP) is 3.16. The molecule has 1 N–H and O–H groups in total. The standard InChI is InChI=1S/C20H25NO5/c22-19(12-26-20(23)10-15-9-13-2-3-14(15)8-13)21-16-4-5-17-18(11-16)25-7-1-6-24-17/h4-5,11,13-15H,1-3,6-10,12H2,(H,21,22)/t13-,14-,15-/m1/s1. The van der Waals surface area contributed by atoms with Gasteiger partial charge in [-0.15, -0.1) is 0 Å². The van der Waals surface area contributed by atoms with E-state index in [-0.39, 0.29) is 18.5 Å². The second kappa shape index (κ2) is 7.56. The van der Waals surface area contributed by atoms with E-state index in [2.05, 4.69) is 5.32 Å². The first-order valence-electron chi connectivity index (χ1n) is 9.52. The highest BCUT2D eigenvalue weighted by Gasteiger charge is 2.40. The number of amides is 1. The van der Waals surface area contributed by atoms with Crippen molar-refractivity contribution in [1.29, 1.82) is 0 Å². The van der Waals surface area contributed by atoms with Gasteiger partial charge in [0, 0.05) is 24.6 Å². The minimum absolute atomic E-state index is 0.256. The zero-order valence-electron chi connectivity index (χ0n) is 14.9. The summed E-state index contributed by atoms with van der Waals surface area (Å²) in [4.78, 5) is 24.1. The van der Waals surface area contributed by atoms with E-state index < -0.39 is 0 Å². The molecular formula is C20H25NO5. The van der Waals surface area contributed by atoms with Crippen LogP contribution in [0.25, 0.3) is 0 Å². The molecule has 0 unspecified atom stereocenters. The Morgan fingerprint density at radius 1 is 1.12 bits per heavy atom. The second-order valence-corrected chi connectivity index (χ2v) is 7.56. The Kier molecular flexibility index (Phi) is 5.00. The molecule has 3 atom stereocenters. The molecule has 0 saturated heterocycles. The lowest BCUT2D eigenvalue weighted by Gasteiger charge is -2.20. The number of carbonyl (C=O) groups excluding carboxylic acids is 2. The summed E-state index contributed by atoms with van der Waals surface area (Å²) in [5.74, 6) is 2.62. The van der Waals surface area contributed by atoms with Crippen LogP contribution in [0.4, 0.5) is 5.69 Å². The SMILES string of the molecule is O=C(COC(=O)C[C@H]1C[C@@H]2CC[C@@H]1C2)Nc1ccc2c(c1)OCCCO2. The van der Waals surface area contributed by atoms with E-state index in [1.54, 1.807) is 18.2 Å². The van der Waals surface area contributed by atoms with Gasteiger partial charge in [0.15, 0.2) is 18.1 Å². The third kappa shape index (κ3) is 3.94. The monoisotopic (exact) mass is 359 g/mol. The van der Waals surface area contributed by atoms with Gasteiger partial charge >= 0.3 is 5.97 Å². The van der Waals surface area contributed by atoms with Crippen molar-refractivity contribution < 1.29 is 23.8 Å². The van der Waals surface area contributed by atoms with Gasteiger partial charge in [0.1, 0.15) is 0 Å². The molecule has 6 nitrogen and oxygen atoms in total. The molecular weight excluding hydrogens is 334 g/mol. The Balaban J connectivity index is 1.24. The second-order valence-electron chi connectivity index (χ2n) is 7.56. The van der Waals surface area contributed by atoms with Crippen molar-refractivity contribution >= 4 is 17.6 Å². The van der Waals surface area contributed by atoms with E-state index in [9.17, 15) is 9.59 Å². The summed E-state index contributed by atoms with van der Waals surface area (Å²) < 4.78 is 16.3. The molecule has 0 spiro atoms. The first-order valence-corrected chi connectivity index (χ1v) is 9.52. The first-order chi connectivity index (χ1) is 12.7. The summed E-state index contributed by atoms with van der Waals surface area (Å²) in [6, 6.07) is 5.26. The van der Waals surface area contributed by atoms with Gasteiger partial charge in [-0.25, -0.2) is 0 Å². The molecule has 140 valence electrons. The van der Waals surface area contributed by atoms with Gasteiger partial charge in [-0.3, -0.25) is 9.59 Å². The van der Waals surface area contributed by atoms with E-state index in [1.165, 1.54) is 19.3 Å². The summed E-state index contributed by atoms with van der Waals surface area (Å²) in [5, 5.41) is 2.74. The molecule has 6 heteroatoms. The lowest BCUT2D eigenvalue weighted by Crippen LogP contribution is -2.23. The van der Waals surface area contributed by atoms with Gasteiger partial charge in [-0.2, -0.15) is 0 Å². The Morgan fingerprint density at radius 3 is 2.73 bits per heavy atom. The first kappa shape index (κ1) is 17.2. The lowest BCUT2D eigenvalue weighted by molar-refractivity contribution is -0.148. The number of rotatable bonds is 5. The highest BCUT2D eigenvalue weighted by molar-refractivity contribution is 5.93. The fourth-order valence-corrected chi connectivity index (χ4v) is 4.48. The van der Waals surface area contributed by atoms with Crippen LogP contribution in [0.2, 0.25) is 0 Å². The van der Waals surface area contributed by atoms with Crippen LogP contribution < -0.4 is 14.8 Å². The number of carbonyl (C=O) groups is 2. The zero-order valence-corrected chi connectivity index (χ0v) is 14.9. The molecule has 0 aromatic heterocycles. The number of esters is 1. The molecule has 1 aliphatic heterocycles. The molecule has 1 aromatic rings. The quantitative estimate of drug-likeness (QED) is 0.818. The van der Waals surface area contributed by atoms with Gasteiger partial charge in [-0.1, -0.05) is 6.42 Å². The van der Waals surface area contributed by atoms with Gasteiger partial charge in [0.2, 0.25) is 0 Å². The largest absolute Gasteiger partial charge is 0.490 e. The molecule has 2 saturated carbocycles. The fraction of sp³-hybridized carbons (Fsp3) is 0.600. The van der Waals surface area contributed by atoms with Crippen LogP contribution in [0.1, 0.15) is 38.5 Å². The summed E-state index contributed by atoms with van der Waals surface area (Å²) in [5.41, 5.74) is 0.600. The smallest absolute Gasteiger partial charge is 0.306 e. The van der Waals surface area contributed by atoms with Gasteiger partial charge in [0.05, 0.1) is 13.2 Å². The number of benzene rings is 1. The Hall–Kier alpha value is -2.24. The van der Waals surface area contributed by atoms with Crippen LogP contribution in [0.5, 0.6) is 11.5 Å². The number of anilines is 1. The molecule has 2 bridgehead atoms. The van der Waals surface area contributed by atoms with Crippen molar-refractivity contribution in [2.75, 3.05) is 25.1 Å². The topological polar surface area (TPSA) is 73.9 Å². The van der Waals surface area contributed by atoms with Crippen molar-refractivity contribution in [1.82, 2.24) is 0 Å². The molecule has 0 radical (unpaired) electrons. The van der Waals surface area contributed by atoms with Gasteiger partial charge in [0.25, 0.3) is 5.91 Å². The van der Waals surface area contributed by atoms with Crippen LogP contribution in [0.3, 0.4) is 0 Å². The van der Waals surface area contributed by atoms with E-state index in [1.807, 2.05) is 0 Å². The van der Waals surface area contributed by atoms with Crippen molar-refractivity contribution in [3.8, 4) is 11.5 Å². The van der Waals surface area contributed by atoms with Crippen LogP contribution in [-0.4, -0.2) is 31.7 Å². The molecule has 3 aliphatic rings. The van der Waals surface area contributed by atoms with E-state index in [0.717, 1.165) is 18.8 Å². The number of hydrogen-bond acceptors (Lipinski definition) is 5. The number of fused-ring (bicyclic) bond motifs is 3. The van der Waals surface area contributed by atoms with Gasteiger partial charge < -0.3 is 19.5 Å². The average molecular weight is 359 g/mol. The van der Waals surface area contributed by atoms with Gasteiger partial charge in [-0.05, 0) is 49.1 Å². The van der Waals surface area contributed by atoms with Crippen LogP contribution >= 0.6 is 0 Å². The summed E-state index contributed by atoms with van der Waals surface area (Å²) in [6.07, 6.45) is 6.24. The highest BCUT2D eigenvalue weighted by Crippen LogP contribution is 2.49. The number of nitrogens with one attached hydrogen (secondary N) is 1. The maximum Gasteiger partial charge on any atom is 0.306 e. The normalized spacial score (nSPS) is 26.2. The predicted molar refractivity (Wildman–Crippen MR) is 95.2 cm³/mol. The molecule has 1 amide bonds. The molecule has 1 heterocycles. The zero-order chi connectivity index (χ0) is 17.9. The van der Waals surface area contributed by atoms with Crippen molar-refractivity contribution in [3.05, 3.63) is 18.2 Å². The maximum absolute atomic E-state index is 12.1. The van der Waals surface area contributed by atoms with Crippen molar-refractivity contribution in [2.45, 2.75) is 38.5 Å². The van der Waals surface area contributed by atoms with E-state index in [4.69, 9.17) is 14.2 Å². The number of hydrogen-bond donors (Lipinski definition) is 1. The highest BCUT2D eigenvalue weighted by atomic mass is 16.5. The summed E-state index contributed by atoms with van der Waals surface area (Å²) in [6.45, 7) is 0.955. The summed E-state index contributed by atoms with van der Waals surface area (Å²) >= 11 is 0. The summed E-state index contributed by atoms with van der Waals surface area (Å²) in [7, 11) is 0. The Morgan fingerprint density at radius 2 is 1.96 bits per heavy atom. The Bertz CT molecular complexity index is 689.